The third-order valence-corrected chi connectivity index (χ3v) is 4.45. The van der Waals surface area contributed by atoms with Gasteiger partial charge in [-0.3, -0.25) is 9.78 Å². The van der Waals surface area contributed by atoms with Crippen LogP contribution >= 0.6 is 0 Å². The van der Waals surface area contributed by atoms with E-state index in [1.165, 1.54) is 5.56 Å². The highest BCUT2D eigenvalue weighted by Crippen LogP contribution is 2.41. The SMILES string of the molecule is C=CCN1C(=O)COc2cccc3nc4c(c1c23)CCCC4. The van der Waals surface area contributed by atoms with Gasteiger partial charge in [-0.1, -0.05) is 12.1 Å². The Morgan fingerprint density at radius 3 is 3.05 bits per heavy atom. The van der Waals surface area contributed by atoms with Crippen molar-refractivity contribution in [2.75, 3.05) is 18.1 Å². The maximum atomic E-state index is 12.5. The van der Waals surface area contributed by atoms with Crippen LogP contribution in [0.25, 0.3) is 10.9 Å². The van der Waals surface area contributed by atoms with Gasteiger partial charge in [0.05, 0.1) is 16.6 Å². The average Bonchev–Trinajstić information content (AvgIpc) is 2.68. The van der Waals surface area contributed by atoms with E-state index in [4.69, 9.17) is 9.72 Å². The highest BCUT2D eigenvalue weighted by Gasteiger charge is 2.29. The van der Waals surface area contributed by atoms with E-state index in [0.717, 1.165) is 53.7 Å². The second-order valence-corrected chi connectivity index (χ2v) is 5.82. The van der Waals surface area contributed by atoms with E-state index in [-0.39, 0.29) is 12.5 Å². The van der Waals surface area contributed by atoms with Gasteiger partial charge in [-0.25, -0.2) is 0 Å². The van der Waals surface area contributed by atoms with E-state index in [1.54, 1.807) is 6.08 Å². The summed E-state index contributed by atoms with van der Waals surface area (Å²) in [7, 11) is 0. The van der Waals surface area contributed by atoms with Gasteiger partial charge in [-0.2, -0.15) is 0 Å². The highest BCUT2D eigenvalue weighted by molar-refractivity contribution is 6.08. The van der Waals surface area contributed by atoms with Crippen LogP contribution in [0.2, 0.25) is 0 Å². The Kier molecular flexibility index (Phi) is 3.10. The molecule has 0 radical (unpaired) electrons. The van der Waals surface area contributed by atoms with E-state index in [1.807, 2.05) is 23.1 Å². The lowest BCUT2D eigenvalue weighted by atomic mass is 9.92. The summed E-state index contributed by atoms with van der Waals surface area (Å²) < 4.78 is 5.73. The van der Waals surface area contributed by atoms with Crippen molar-refractivity contribution in [1.29, 1.82) is 0 Å². The molecule has 0 fully saturated rings. The summed E-state index contributed by atoms with van der Waals surface area (Å²) in [6.07, 6.45) is 6.04. The number of aromatic nitrogens is 1. The fraction of sp³-hybridized carbons (Fsp3) is 0.333. The standard InChI is InChI=1S/C18H18N2O2/c1-2-10-20-16(21)11-22-15-9-5-8-14-17(15)18(20)12-6-3-4-7-13(12)19-14/h2,5,8-9H,1,3-4,6-7,10-11H2. The van der Waals surface area contributed by atoms with Crippen molar-refractivity contribution in [2.45, 2.75) is 25.7 Å². The number of nitrogens with zero attached hydrogens (tertiary/aromatic N) is 2. The third-order valence-electron chi connectivity index (χ3n) is 4.45. The number of carbonyl (C=O) groups excluding carboxylic acids is 1. The molecule has 1 aromatic carbocycles. The predicted octanol–water partition coefficient (Wildman–Crippen LogP) is 3.03. The fourth-order valence-corrected chi connectivity index (χ4v) is 3.50. The highest BCUT2D eigenvalue weighted by atomic mass is 16.5. The molecule has 2 heterocycles. The van der Waals surface area contributed by atoms with Crippen molar-refractivity contribution in [2.24, 2.45) is 0 Å². The Morgan fingerprint density at radius 1 is 1.32 bits per heavy atom. The fourth-order valence-electron chi connectivity index (χ4n) is 3.50. The molecule has 1 aromatic heterocycles. The number of ether oxygens (including phenoxy) is 1. The monoisotopic (exact) mass is 294 g/mol. The van der Waals surface area contributed by atoms with Crippen LogP contribution < -0.4 is 9.64 Å². The Hall–Kier alpha value is -2.36. The lowest BCUT2D eigenvalue weighted by Crippen LogP contribution is -2.35. The van der Waals surface area contributed by atoms with Crippen LogP contribution in [0.4, 0.5) is 5.69 Å². The molecule has 1 amide bonds. The van der Waals surface area contributed by atoms with Crippen molar-refractivity contribution in [3.05, 3.63) is 42.1 Å². The summed E-state index contributed by atoms with van der Waals surface area (Å²) in [6.45, 7) is 4.37. The van der Waals surface area contributed by atoms with E-state index in [9.17, 15) is 4.79 Å². The molecule has 4 nitrogen and oxygen atoms in total. The summed E-state index contributed by atoms with van der Waals surface area (Å²) >= 11 is 0. The third kappa shape index (κ3) is 1.90. The number of pyridine rings is 1. The molecule has 4 rings (SSSR count). The van der Waals surface area contributed by atoms with Gasteiger partial charge in [0.15, 0.2) is 6.61 Å². The van der Waals surface area contributed by atoms with Crippen LogP contribution in [0.1, 0.15) is 24.1 Å². The van der Waals surface area contributed by atoms with Gasteiger partial charge in [0, 0.05) is 12.2 Å². The van der Waals surface area contributed by atoms with Gasteiger partial charge in [-0.15, -0.1) is 6.58 Å². The smallest absolute Gasteiger partial charge is 0.265 e. The molecule has 1 aliphatic carbocycles. The zero-order valence-corrected chi connectivity index (χ0v) is 12.5. The Bertz CT molecular complexity index is 782. The molecule has 0 atom stereocenters. The van der Waals surface area contributed by atoms with Crippen molar-refractivity contribution in [3.63, 3.8) is 0 Å². The Balaban J connectivity index is 2.09. The first-order valence-electron chi connectivity index (χ1n) is 7.78. The van der Waals surface area contributed by atoms with Gasteiger partial charge < -0.3 is 9.64 Å². The predicted molar refractivity (Wildman–Crippen MR) is 86.4 cm³/mol. The molecule has 0 saturated carbocycles. The maximum Gasteiger partial charge on any atom is 0.265 e. The minimum atomic E-state index is -0.0172. The Labute approximate surface area is 129 Å². The largest absolute Gasteiger partial charge is 0.483 e. The zero-order valence-electron chi connectivity index (χ0n) is 12.5. The van der Waals surface area contributed by atoms with Crippen molar-refractivity contribution in [3.8, 4) is 5.75 Å². The molecule has 0 bridgehead atoms. The molecule has 1 aliphatic heterocycles. The van der Waals surface area contributed by atoms with Crippen LogP contribution in [-0.2, 0) is 17.6 Å². The first-order chi connectivity index (χ1) is 10.8. The second-order valence-electron chi connectivity index (χ2n) is 5.82. The topological polar surface area (TPSA) is 42.4 Å². The molecule has 0 spiro atoms. The minimum Gasteiger partial charge on any atom is -0.483 e. The van der Waals surface area contributed by atoms with E-state index in [2.05, 4.69) is 6.58 Å². The Morgan fingerprint density at radius 2 is 2.18 bits per heavy atom. The first-order valence-corrected chi connectivity index (χ1v) is 7.78. The quantitative estimate of drug-likeness (QED) is 0.800. The number of rotatable bonds is 2. The lowest BCUT2D eigenvalue weighted by molar-refractivity contribution is -0.120. The summed E-state index contributed by atoms with van der Waals surface area (Å²) in [6, 6.07) is 5.87. The number of carbonyl (C=O) groups is 1. The molecular formula is C18H18N2O2. The molecule has 112 valence electrons. The number of amides is 1. The van der Waals surface area contributed by atoms with Crippen LogP contribution in [0.5, 0.6) is 5.75 Å². The number of hydrogen-bond donors (Lipinski definition) is 0. The second kappa shape index (κ2) is 5.13. The van der Waals surface area contributed by atoms with Gasteiger partial charge >= 0.3 is 0 Å². The number of benzene rings is 1. The molecule has 0 N–H and O–H groups in total. The summed E-state index contributed by atoms with van der Waals surface area (Å²) in [5.74, 6) is 0.740. The van der Waals surface area contributed by atoms with Crippen molar-refractivity contribution < 1.29 is 9.53 Å². The zero-order chi connectivity index (χ0) is 15.1. The van der Waals surface area contributed by atoms with Crippen molar-refractivity contribution in [1.82, 2.24) is 4.98 Å². The summed E-state index contributed by atoms with van der Waals surface area (Å²) in [4.78, 5) is 19.2. The van der Waals surface area contributed by atoms with Crippen molar-refractivity contribution >= 4 is 22.5 Å². The van der Waals surface area contributed by atoms with E-state index >= 15 is 0 Å². The van der Waals surface area contributed by atoms with Crippen LogP contribution in [0.15, 0.2) is 30.9 Å². The molecular weight excluding hydrogens is 276 g/mol. The summed E-state index contributed by atoms with van der Waals surface area (Å²) in [5.41, 5.74) is 4.26. The molecule has 0 unspecified atom stereocenters. The van der Waals surface area contributed by atoms with Crippen LogP contribution in [-0.4, -0.2) is 24.0 Å². The molecule has 0 saturated heterocycles. The number of fused-ring (bicyclic) bond motifs is 2. The van der Waals surface area contributed by atoms with Crippen LogP contribution in [0, 0.1) is 0 Å². The molecule has 4 heteroatoms. The van der Waals surface area contributed by atoms with Gasteiger partial charge in [0.25, 0.3) is 5.91 Å². The molecule has 2 aromatic rings. The minimum absolute atomic E-state index is 0.0172. The van der Waals surface area contributed by atoms with E-state index in [0.29, 0.717) is 6.54 Å². The lowest BCUT2D eigenvalue weighted by Gasteiger charge is -2.27. The average molecular weight is 294 g/mol. The van der Waals surface area contributed by atoms with E-state index < -0.39 is 0 Å². The molecule has 22 heavy (non-hydrogen) atoms. The number of aryl methyl sites for hydroxylation is 1. The normalized spacial score (nSPS) is 16.9. The van der Waals surface area contributed by atoms with Gasteiger partial charge in [-0.05, 0) is 43.4 Å². The van der Waals surface area contributed by atoms with Gasteiger partial charge in [0.1, 0.15) is 5.75 Å². The first kappa shape index (κ1) is 13.3. The summed E-state index contributed by atoms with van der Waals surface area (Å²) in [5, 5.41) is 0.968. The molecule has 2 aliphatic rings. The number of hydrogen-bond acceptors (Lipinski definition) is 3. The van der Waals surface area contributed by atoms with Crippen LogP contribution in [0.3, 0.4) is 0 Å². The van der Waals surface area contributed by atoms with Gasteiger partial charge in [0.2, 0.25) is 0 Å². The maximum absolute atomic E-state index is 12.5. The number of anilines is 1.